The zero-order valence-electron chi connectivity index (χ0n) is 18.8. The number of nitrogen functional groups attached to an aromatic ring is 1. The number of aryl methyl sites for hydroxylation is 1. The number of rotatable bonds is 5. The van der Waals surface area contributed by atoms with Crippen molar-refractivity contribution in [2.45, 2.75) is 38.9 Å². The fourth-order valence-electron chi connectivity index (χ4n) is 4.56. The number of nitrogens with two attached hydrogens (primary N) is 2. The van der Waals surface area contributed by atoms with Gasteiger partial charge in [0.15, 0.2) is 11.1 Å². The quantitative estimate of drug-likeness (QED) is 0.371. The molecule has 2 aromatic carbocycles. The van der Waals surface area contributed by atoms with E-state index in [1.807, 2.05) is 0 Å². The van der Waals surface area contributed by atoms with Gasteiger partial charge in [0.25, 0.3) is 5.56 Å². The number of anilines is 1. The van der Waals surface area contributed by atoms with Gasteiger partial charge in [-0.05, 0) is 43.0 Å². The Bertz CT molecular complexity index is 1700. The first-order valence-corrected chi connectivity index (χ1v) is 11.2. The van der Waals surface area contributed by atoms with Crippen molar-refractivity contribution < 1.29 is 13.2 Å². The maximum absolute atomic E-state index is 14.8. The average Bonchev–Trinajstić information content (AvgIpc) is 3.41. The predicted molar refractivity (Wildman–Crippen MR) is 126 cm³/mol. The van der Waals surface area contributed by atoms with Crippen LogP contribution in [0, 0.1) is 18.6 Å². The summed E-state index contributed by atoms with van der Waals surface area (Å²) in [5.41, 5.74) is 13.6. The number of pyridine rings is 1. The monoisotopic (exact) mass is 477 g/mol. The number of fused-ring (bicyclic) bond motifs is 3. The number of halogens is 2. The van der Waals surface area contributed by atoms with E-state index in [1.165, 1.54) is 4.68 Å². The lowest BCUT2D eigenvalue weighted by atomic mass is 9.96. The molecular weight excluding hydrogens is 456 g/mol. The van der Waals surface area contributed by atoms with Gasteiger partial charge in [0.2, 0.25) is 5.89 Å². The summed E-state index contributed by atoms with van der Waals surface area (Å²) in [6, 6.07) is 5.51. The molecule has 1 aliphatic carbocycles. The van der Waals surface area contributed by atoms with Crippen LogP contribution in [0.3, 0.4) is 0 Å². The van der Waals surface area contributed by atoms with Crippen LogP contribution < -0.4 is 17.0 Å². The Morgan fingerprint density at radius 2 is 1.97 bits per heavy atom. The molecule has 3 heterocycles. The minimum atomic E-state index is -0.707. The van der Waals surface area contributed by atoms with Crippen molar-refractivity contribution in [2.24, 2.45) is 5.73 Å². The number of nitrogens with zero attached hydrogens (tertiary/aromatic N) is 5. The Hall–Kier alpha value is -4.12. The highest BCUT2D eigenvalue weighted by atomic mass is 19.1. The summed E-state index contributed by atoms with van der Waals surface area (Å²) < 4.78 is 38.2. The molecule has 3 aromatic heterocycles. The van der Waals surface area contributed by atoms with Gasteiger partial charge in [-0.1, -0.05) is 11.3 Å². The highest BCUT2D eigenvalue weighted by Crippen LogP contribution is 2.41. The molecule has 1 aliphatic rings. The standard InChI is InChI=1S/C24H21F2N7O2/c1-11-14(16-6-18(26)19(28)7-17(16)25)4-5-15-22(11)33(13-2-3-13)24(34)21-23(15)35-20(29-21)10-32-9-12(8-27)30-31-32/h4-7,9,13H,2-3,8,10,27-28H2,1H3. The zero-order chi connectivity index (χ0) is 24.4. The number of hydrogen-bond donors (Lipinski definition) is 2. The second-order valence-electron chi connectivity index (χ2n) is 8.79. The molecule has 0 atom stereocenters. The van der Waals surface area contributed by atoms with E-state index in [2.05, 4.69) is 15.3 Å². The molecule has 0 aliphatic heterocycles. The molecule has 4 N–H and O–H groups in total. The van der Waals surface area contributed by atoms with Gasteiger partial charge in [-0.2, -0.15) is 0 Å². The predicted octanol–water partition coefficient (Wildman–Crippen LogP) is 3.41. The minimum absolute atomic E-state index is 0.0129. The molecule has 0 bridgehead atoms. The third-order valence-electron chi connectivity index (χ3n) is 6.39. The van der Waals surface area contributed by atoms with Crippen LogP contribution in [0.25, 0.3) is 33.1 Å². The Kier molecular flexibility index (Phi) is 4.71. The maximum atomic E-state index is 14.8. The molecule has 1 saturated carbocycles. The van der Waals surface area contributed by atoms with E-state index in [1.54, 1.807) is 29.8 Å². The van der Waals surface area contributed by atoms with Crippen molar-refractivity contribution in [1.82, 2.24) is 24.5 Å². The van der Waals surface area contributed by atoms with Crippen molar-refractivity contribution in [3.8, 4) is 11.1 Å². The third kappa shape index (κ3) is 3.38. The smallest absolute Gasteiger partial charge is 0.281 e. The van der Waals surface area contributed by atoms with Crippen LogP contribution in [0.5, 0.6) is 0 Å². The summed E-state index contributed by atoms with van der Waals surface area (Å²) >= 11 is 0. The number of aromatic nitrogens is 5. The van der Waals surface area contributed by atoms with E-state index in [-0.39, 0.29) is 41.5 Å². The molecule has 0 saturated heterocycles. The highest BCUT2D eigenvalue weighted by Gasteiger charge is 2.30. The van der Waals surface area contributed by atoms with Crippen molar-refractivity contribution in [1.29, 1.82) is 0 Å². The van der Waals surface area contributed by atoms with Gasteiger partial charge in [-0.15, -0.1) is 5.10 Å². The Morgan fingerprint density at radius 3 is 2.69 bits per heavy atom. The van der Waals surface area contributed by atoms with Crippen molar-refractivity contribution in [3.63, 3.8) is 0 Å². The first-order chi connectivity index (χ1) is 16.9. The van der Waals surface area contributed by atoms with E-state index < -0.39 is 11.6 Å². The Morgan fingerprint density at radius 1 is 1.17 bits per heavy atom. The molecular formula is C24H21F2N7O2. The molecule has 11 heteroatoms. The molecule has 9 nitrogen and oxygen atoms in total. The minimum Gasteiger partial charge on any atom is -0.438 e. The molecule has 0 unspecified atom stereocenters. The lowest BCUT2D eigenvalue weighted by Crippen LogP contribution is -2.21. The summed E-state index contributed by atoms with van der Waals surface area (Å²) in [4.78, 5) is 18.0. The van der Waals surface area contributed by atoms with Crippen molar-refractivity contribution >= 4 is 27.7 Å². The van der Waals surface area contributed by atoms with Gasteiger partial charge in [0.1, 0.15) is 18.2 Å². The average molecular weight is 477 g/mol. The molecule has 6 rings (SSSR count). The summed E-state index contributed by atoms with van der Waals surface area (Å²) in [7, 11) is 0. The lowest BCUT2D eigenvalue weighted by Gasteiger charge is -2.16. The van der Waals surface area contributed by atoms with Gasteiger partial charge in [-0.3, -0.25) is 4.79 Å². The van der Waals surface area contributed by atoms with E-state index >= 15 is 0 Å². The largest absolute Gasteiger partial charge is 0.438 e. The number of oxazole rings is 1. The normalized spacial score (nSPS) is 13.8. The van der Waals surface area contributed by atoms with Crippen LogP contribution >= 0.6 is 0 Å². The van der Waals surface area contributed by atoms with Crippen LogP contribution in [0.4, 0.5) is 14.5 Å². The lowest BCUT2D eigenvalue weighted by molar-refractivity contribution is 0.487. The van der Waals surface area contributed by atoms with Gasteiger partial charge in [0.05, 0.1) is 23.1 Å². The van der Waals surface area contributed by atoms with Gasteiger partial charge in [-0.25, -0.2) is 18.4 Å². The van der Waals surface area contributed by atoms with Gasteiger partial charge < -0.3 is 20.5 Å². The van der Waals surface area contributed by atoms with Crippen LogP contribution in [0.15, 0.2) is 39.7 Å². The summed E-state index contributed by atoms with van der Waals surface area (Å²) in [5, 5.41) is 8.63. The second kappa shape index (κ2) is 7.70. The Labute approximate surface area is 197 Å². The summed E-state index contributed by atoms with van der Waals surface area (Å²) in [5.74, 6) is -1.05. The molecule has 35 heavy (non-hydrogen) atoms. The number of benzene rings is 2. The fourth-order valence-corrected chi connectivity index (χ4v) is 4.56. The van der Waals surface area contributed by atoms with Crippen LogP contribution in [-0.4, -0.2) is 24.5 Å². The zero-order valence-corrected chi connectivity index (χ0v) is 18.8. The summed E-state index contributed by atoms with van der Waals surface area (Å²) in [6.07, 6.45) is 3.38. The van der Waals surface area contributed by atoms with E-state index in [9.17, 15) is 13.6 Å². The fraction of sp³-hybridized carbons (Fsp3) is 0.250. The van der Waals surface area contributed by atoms with E-state index in [4.69, 9.17) is 15.9 Å². The number of hydrogen-bond acceptors (Lipinski definition) is 7. The van der Waals surface area contributed by atoms with Crippen LogP contribution in [0.2, 0.25) is 0 Å². The first kappa shape index (κ1) is 21.4. The Balaban J connectivity index is 1.58. The van der Waals surface area contributed by atoms with Gasteiger partial charge >= 0.3 is 0 Å². The van der Waals surface area contributed by atoms with Crippen LogP contribution in [0.1, 0.15) is 36.0 Å². The molecule has 1 fully saturated rings. The van der Waals surface area contributed by atoms with Crippen molar-refractivity contribution in [2.75, 3.05) is 5.73 Å². The molecule has 0 amide bonds. The first-order valence-electron chi connectivity index (χ1n) is 11.2. The topological polar surface area (TPSA) is 131 Å². The van der Waals surface area contributed by atoms with E-state index in [0.29, 0.717) is 39.2 Å². The summed E-state index contributed by atoms with van der Waals surface area (Å²) in [6.45, 7) is 2.22. The van der Waals surface area contributed by atoms with E-state index in [0.717, 1.165) is 25.0 Å². The molecule has 0 spiro atoms. The maximum Gasteiger partial charge on any atom is 0.281 e. The van der Waals surface area contributed by atoms with Crippen LogP contribution in [-0.2, 0) is 13.1 Å². The SMILES string of the molecule is Cc1c(-c2cc(F)c(N)cc2F)ccc2c3oc(Cn4cc(CN)nn4)nc3c(=O)n(C3CC3)c12. The van der Waals surface area contributed by atoms with Gasteiger partial charge in [0, 0.05) is 29.6 Å². The molecule has 178 valence electrons. The molecule has 0 radical (unpaired) electrons. The molecule has 5 aromatic rings. The highest BCUT2D eigenvalue weighted by molar-refractivity contribution is 6.04. The third-order valence-corrected chi connectivity index (χ3v) is 6.39. The second-order valence-corrected chi connectivity index (χ2v) is 8.79. The van der Waals surface area contributed by atoms with Crippen molar-refractivity contribution in [3.05, 3.63) is 69.6 Å².